The smallest absolute Gasteiger partial charge is 0.182 e. The number of aromatic nitrogens is 4. The Labute approximate surface area is 69.8 Å². The summed E-state index contributed by atoms with van der Waals surface area (Å²) in [5.41, 5.74) is 0.907. The molecule has 2 rings (SSSR count). The summed E-state index contributed by atoms with van der Waals surface area (Å²) in [7, 11) is 5.45. The third kappa shape index (κ3) is 1.07. The normalized spacial score (nSPS) is 10.1. The van der Waals surface area contributed by atoms with Gasteiger partial charge < -0.3 is 0 Å². The Balaban J connectivity index is 2.51. The molecular weight excluding hydrogens is 152 g/mol. The fourth-order valence-electron chi connectivity index (χ4n) is 0.971. The van der Waals surface area contributed by atoms with Crippen molar-refractivity contribution < 1.29 is 0 Å². The van der Waals surface area contributed by atoms with Crippen LogP contribution in [0, 0.1) is 7.05 Å². The van der Waals surface area contributed by atoms with E-state index in [0.29, 0.717) is 5.82 Å². The summed E-state index contributed by atoms with van der Waals surface area (Å²) in [6.07, 6.45) is 0. The first kappa shape index (κ1) is 6.97. The fourth-order valence-corrected chi connectivity index (χ4v) is 0.971. The summed E-state index contributed by atoms with van der Waals surface area (Å²) in [5, 5.41) is 10.7. The van der Waals surface area contributed by atoms with E-state index in [1.807, 2.05) is 30.3 Å². The van der Waals surface area contributed by atoms with E-state index in [0.717, 1.165) is 10.2 Å². The molecule has 4 nitrogen and oxygen atoms in total. The predicted molar refractivity (Wildman–Crippen MR) is 43.0 cm³/mol. The van der Waals surface area contributed by atoms with E-state index in [1.165, 1.54) is 0 Å². The number of tetrazole rings is 1. The fraction of sp³-hybridized carbons (Fsp3) is 0. The molecule has 4 heteroatoms. The van der Waals surface area contributed by atoms with E-state index in [2.05, 4.69) is 15.5 Å². The van der Waals surface area contributed by atoms with E-state index in [9.17, 15) is 0 Å². The first-order valence-corrected chi connectivity index (χ1v) is 3.47. The first-order valence-electron chi connectivity index (χ1n) is 3.47. The molecule has 0 unspecified atom stereocenters. The van der Waals surface area contributed by atoms with Crippen molar-refractivity contribution in [3.05, 3.63) is 37.4 Å². The second-order valence-electron chi connectivity index (χ2n) is 2.31. The highest BCUT2D eigenvalue weighted by Crippen LogP contribution is 2.12. The third-order valence-electron chi connectivity index (χ3n) is 1.52. The molecule has 2 radical (unpaired) electrons. The molecule has 0 saturated carbocycles. The van der Waals surface area contributed by atoms with Gasteiger partial charge in [0, 0.05) is 5.56 Å². The lowest BCUT2D eigenvalue weighted by molar-refractivity contribution is 0.788. The van der Waals surface area contributed by atoms with Gasteiger partial charge in [0.15, 0.2) is 5.82 Å². The zero-order chi connectivity index (χ0) is 8.39. The standard InChI is InChI=1S/C8H6N4/c1-12-8(9-10-11-12)7-5-3-2-4-6-7/h1-6H. The molecule has 0 N–H and O–H groups in total. The molecular formula is C8H6N4. The van der Waals surface area contributed by atoms with Crippen LogP contribution in [0.2, 0.25) is 0 Å². The van der Waals surface area contributed by atoms with Gasteiger partial charge >= 0.3 is 0 Å². The Bertz CT molecular complexity index is 366. The van der Waals surface area contributed by atoms with Crippen LogP contribution in [0.1, 0.15) is 0 Å². The summed E-state index contributed by atoms with van der Waals surface area (Å²) in [6.45, 7) is 0. The van der Waals surface area contributed by atoms with E-state index < -0.39 is 0 Å². The highest BCUT2D eigenvalue weighted by molar-refractivity contribution is 5.53. The number of rotatable bonds is 1. The van der Waals surface area contributed by atoms with Crippen molar-refractivity contribution in [3.8, 4) is 11.4 Å². The molecule has 1 heterocycles. The molecule has 12 heavy (non-hydrogen) atoms. The van der Waals surface area contributed by atoms with E-state index in [4.69, 9.17) is 7.05 Å². The maximum Gasteiger partial charge on any atom is 0.182 e. The topological polar surface area (TPSA) is 43.6 Å². The van der Waals surface area contributed by atoms with Gasteiger partial charge in [-0.3, -0.25) is 0 Å². The van der Waals surface area contributed by atoms with Crippen LogP contribution < -0.4 is 0 Å². The average Bonchev–Trinajstić information content (AvgIpc) is 2.53. The molecule has 0 bridgehead atoms. The molecule has 0 amide bonds. The second-order valence-corrected chi connectivity index (χ2v) is 2.31. The summed E-state index contributed by atoms with van der Waals surface area (Å²) < 4.78 is 1.15. The first-order chi connectivity index (χ1) is 5.88. The SMILES string of the molecule is [CH]n1nnnc1-c1ccccc1. The summed E-state index contributed by atoms with van der Waals surface area (Å²) >= 11 is 0. The number of nitrogens with zero attached hydrogens (tertiary/aromatic N) is 4. The van der Waals surface area contributed by atoms with Crippen LogP contribution >= 0.6 is 0 Å². The van der Waals surface area contributed by atoms with E-state index in [1.54, 1.807) is 0 Å². The van der Waals surface area contributed by atoms with Gasteiger partial charge in [0.2, 0.25) is 0 Å². The van der Waals surface area contributed by atoms with Crippen LogP contribution in [0.3, 0.4) is 0 Å². The van der Waals surface area contributed by atoms with Crippen molar-refractivity contribution in [2.24, 2.45) is 0 Å². The largest absolute Gasteiger partial charge is 0.218 e. The van der Waals surface area contributed by atoms with Crippen molar-refractivity contribution in [3.63, 3.8) is 0 Å². The van der Waals surface area contributed by atoms with Crippen LogP contribution in [0.15, 0.2) is 30.3 Å². The highest BCUT2D eigenvalue weighted by atomic mass is 15.5. The van der Waals surface area contributed by atoms with Crippen molar-refractivity contribution >= 4 is 0 Å². The van der Waals surface area contributed by atoms with Crippen LogP contribution in [0.5, 0.6) is 0 Å². The minimum absolute atomic E-state index is 0.565. The summed E-state index contributed by atoms with van der Waals surface area (Å²) in [6, 6.07) is 9.53. The van der Waals surface area contributed by atoms with Crippen molar-refractivity contribution in [1.82, 2.24) is 20.2 Å². The van der Waals surface area contributed by atoms with Gasteiger partial charge in [-0.2, -0.15) is 0 Å². The molecule has 0 atom stereocenters. The van der Waals surface area contributed by atoms with Crippen LogP contribution in [0.4, 0.5) is 0 Å². The van der Waals surface area contributed by atoms with Crippen LogP contribution in [0.25, 0.3) is 11.4 Å². The molecule has 0 saturated heterocycles. The molecule has 58 valence electrons. The minimum Gasteiger partial charge on any atom is -0.218 e. The molecule has 2 aromatic rings. The molecule has 0 aliphatic carbocycles. The van der Waals surface area contributed by atoms with Gasteiger partial charge in [-0.25, -0.2) is 4.68 Å². The number of benzene rings is 1. The Hall–Kier alpha value is -1.71. The molecule has 0 fully saturated rings. The maximum absolute atomic E-state index is 5.45. The van der Waals surface area contributed by atoms with Crippen molar-refractivity contribution in [2.75, 3.05) is 0 Å². The molecule has 0 aliphatic heterocycles. The molecule has 1 aromatic heterocycles. The minimum atomic E-state index is 0.565. The van der Waals surface area contributed by atoms with Gasteiger partial charge in [0.25, 0.3) is 0 Å². The van der Waals surface area contributed by atoms with Crippen molar-refractivity contribution in [1.29, 1.82) is 0 Å². The van der Waals surface area contributed by atoms with Crippen molar-refractivity contribution in [2.45, 2.75) is 0 Å². The zero-order valence-electron chi connectivity index (χ0n) is 6.25. The zero-order valence-corrected chi connectivity index (χ0v) is 6.25. The summed E-state index contributed by atoms with van der Waals surface area (Å²) in [5.74, 6) is 0.565. The molecule has 0 aliphatic rings. The third-order valence-corrected chi connectivity index (χ3v) is 1.52. The van der Waals surface area contributed by atoms with Gasteiger partial charge in [0.05, 0.1) is 0 Å². The average molecular weight is 158 g/mol. The Kier molecular flexibility index (Phi) is 1.59. The number of hydrogen-bond donors (Lipinski definition) is 0. The number of hydrogen-bond acceptors (Lipinski definition) is 3. The Morgan fingerprint density at radius 3 is 2.50 bits per heavy atom. The van der Waals surface area contributed by atoms with Gasteiger partial charge in [-0.05, 0) is 10.4 Å². The maximum atomic E-state index is 5.45. The molecule has 0 spiro atoms. The quantitative estimate of drug-likeness (QED) is 0.618. The predicted octanol–water partition coefficient (Wildman–Crippen LogP) is 0.857. The summed E-state index contributed by atoms with van der Waals surface area (Å²) in [4.78, 5) is 0. The lowest BCUT2D eigenvalue weighted by Crippen LogP contribution is -1.91. The lowest BCUT2D eigenvalue weighted by Gasteiger charge is -1.95. The van der Waals surface area contributed by atoms with E-state index >= 15 is 0 Å². The van der Waals surface area contributed by atoms with Gasteiger partial charge in [-0.1, -0.05) is 30.3 Å². The highest BCUT2D eigenvalue weighted by Gasteiger charge is 2.03. The molecule has 1 aromatic carbocycles. The lowest BCUT2D eigenvalue weighted by atomic mass is 10.2. The second kappa shape index (κ2) is 2.73. The Morgan fingerprint density at radius 1 is 1.17 bits per heavy atom. The van der Waals surface area contributed by atoms with E-state index in [-0.39, 0.29) is 0 Å². The Morgan fingerprint density at radius 2 is 1.92 bits per heavy atom. The monoisotopic (exact) mass is 158 g/mol. The van der Waals surface area contributed by atoms with Gasteiger partial charge in [0.1, 0.15) is 7.05 Å². The van der Waals surface area contributed by atoms with Gasteiger partial charge in [-0.15, -0.1) is 5.10 Å². The van der Waals surface area contributed by atoms with Crippen LogP contribution in [-0.4, -0.2) is 20.2 Å². The van der Waals surface area contributed by atoms with Crippen LogP contribution in [-0.2, 0) is 0 Å².